The summed E-state index contributed by atoms with van der Waals surface area (Å²) < 4.78 is 0. The second-order valence-corrected chi connectivity index (χ2v) is 7.00. The van der Waals surface area contributed by atoms with Crippen molar-refractivity contribution < 1.29 is 4.79 Å². The molecule has 0 spiro atoms. The maximum atomic E-state index is 13.0. The molecule has 134 valence electrons. The van der Waals surface area contributed by atoms with E-state index in [0.29, 0.717) is 16.8 Å². The second-order valence-electron chi connectivity index (χ2n) is 7.00. The van der Waals surface area contributed by atoms with E-state index in [1.54, 1.807) is 6.34 Å². The molecule has 2 aromatic rings. The van der Waals surface area contributed by atoms with Crippen molar-refractivity contribution in [3.63, 3.8) is 0 Å². The van der Waals surface area contributed by atoms with Crippen LogP contribution in [0.3, 0.4) is 0 Å². The predicted octanol–water partition coefficient (Wildman–Crippen LogP) is 2.72. The Balaban J connectivity index is 1.75. The minimum atomic E-state index is -0.194. The summed E-state index contributed by atoms with van der Waals surface area (Å²) in [6.07, 6.45) is 2.73. The van der Waals surface area contributed by atoms with Crippen molar-refractivity contribution in [3.8, 4) is 0 Å². The summed E-state index contributed by atoms with van der Waals surface area (Å²) in [5.41, 5.74) is 11.7. The number of benzene rings is 2. The first-order valence-electron chi connectivity index (χ1n) is 8.84. The Morgan fingerprint density at radius 3 is 2.92 bits per heavy atom. The SMILES string of the molecule is CN(C)CCCNc1cc(N)c2c3c1NC=NC3c1ccccc1C2=O. The molecule has 4 rings (SSSR count). The predicted molar refractivity (Wildman–Crippen MR) is 106 cm³/mol. The van der Waals surface area contributed by atoms with E-state index in [9.17, 15) is 4.79 Å². The van der Waals surface area contributed by atoms with Crippen LogP contribution in [0.15, 0.2) is 35.3 Å². The van der Waals surface area contributed by atoms with Gasteiger partial charge in [-0.15, -0.1) is 0 Å². The minimum Gasteiger partial charge on any atom is -0.398 e. The van der Waals surface area contributed by atoms with Gasteiger partial charge in [0.05, 0.1) is 23.3 Å². The molecule has 0 saturated carbocycles. The van der Waals surface area contributed by atoms with Crippen LogP contribution in [-0.2, 0) is 0 Å². The van der Waals surface area contributed by atoms with Crippen LogP contribution in [0.2, 0.25) is 0 Å². The molecule has 0 bridgehead atoms. The first-order valence-corrected chi connectivity index (χ1v) is 8.84. The van der Waals surface area contributed by atoms with Crippen molar-refractivity contribution in [2.45, 2.75) is 12.5 Å². The topological polar surface area (TPSA) is 82.8 Å². The van der Waals surface area contributed by atoms with Gasteiger partial charge in [0.1, 0.15) is 6.04 Å². The van der Waals surface area contributed by atoms with Crippen LogP contribution in [-0.4, -0.2) is 44.2 Å². The zero-order valence-electron chi connectivity index (χ0n) is 15.0. The molecule has 2 aliphatic rings. The van der Waals surface area contributed by atoms with Crippen molar-refractivity contribution in [2.75, 3.05) is 43.6 Å². The molecular weight excluding hydrogens is 326 g/mol. The molecule has 1 heterocycles. The highest BCUT2D eigenvalue weighted by Crippen LogP contribution is 2.47. The Bertz CT molecular complexity index is 903. The molecular formula is C20H23N5O. The molecule has 6 heteroatoms. The summed E-state index contributed by atoms with van der Waals surface area (Å²) in [4.78, 5) is 19.8. The maximum absolute atomic E-state index is 13.0. The van der Waals surface area contributed by atoms with Crippen molar-refractivity contribution in [1.82, 2.24) is 4.90 Å². The molecule has 1 aliphatic heterocycles. The molecule has 0 amide bonds. The second kappa shape index (κ2) is 6.46. The molecule has 6 nitrogen and oxygen atoms in total. The van der Waals surface area contributed by atoms with E-state index in [1.807, 2.05) is 30.3 Å². The van der Waals surface area contributed by atoms with E-state index in [4.69, 9.17) is 5.73 Å². The summed E-state index contributed by atoms with van der Waals surface area (Å²) >= 11 is 0. The first-order chi connectivity index (χ1) is 12.6. The van der Waals surface area contributed by atoms with Gasteiger partial charge in [0, 0.05) is 23.4 Å². The number of hydrogen-bond donors (Lipinski definition) is 3. The molecule has 1 aliphatic carbocycles. The lowest BCUT2D eigenvalue weighted by atomic mass is 9.79. The maximum Gasteiger partial charge on any atom is 0.195 e. The molecule has 26 heavy (non-hydrogen) atoms. The standard InChI is InChI=1S/C20H23N5O/c1-25(2)9-5-8-22-15-10-14(21)16-17-18(23-11-24-19(15)17)12-6-3-4-7-13(12)20(16)26/h3-4,6-7,10-11,18,22H,5,8-9,21H2,1-2H3,(H,23,24). The van der Waals surface area contributed by atoms with Gasteiger partial charge in [0.15, 0.2) is 5.78 Å². The number of carbonyl (C=O) groups is 1. The largest absolute Gasteiger partial charge is 0.398 e. The van der Waals surface area contributed by atoms with Crippen LogP contribution in [0.1, 0.15) is 39.5 Å². The Morgan fingerprint density at radius 1 is 1.31 bits per heavy atom. The number of nitrogens with one attached hydrogen (secondary N) is 2. The highest BCUT2D eigenvalue weighted by molar-refractivity contribution is 6.18. The normalized spacial score (nSPS) is 16.9. The van der Waals surface area contributed by atoms with E-state index < -0.39 is 0 Å². The van der Waals surface area contributed by atoms with Crippen LogP contribution >= 0.6 is 0 Å². The number of anilines is 3. The van der Waals surface area contributed by atoms with Crippen LogP contribution < -0.4 is 16.4 Å². The van der Waals surface area contributed by atoms with E-state index in [2.05, 4.69) is 34.6 Å². The number of aliphatic imine (C=N–C) groups is 1. The van der Waals surface area contributed by atoms with Crippen LogP contribution in [0.25, 0.3) is 0 Å². The van der Waals surface area contributed by atoms with Crippen molar-refractivity contribution in [1.29, 1.82) is 0 Å². The Labute approximate surface area is 153 Å². The average Bonchev–Trinajstić information content (AvgIpc) is 2.64. The number of ketones is 1. The van der Waals surface area contributed by atoms with Crippen molar-refractivity contribution in [2.24, 2.45) is 4.99 Å². The van der Waals surface area contributed by atoms with Gasteiger partial charge in [-0.3, -0.25) is 9.79 Å². The lowest BCUT2D eigenvalue weighted by molar-refractivity contribution is 0.103. The number of carbonyl (C=O) groups excluding carboxylic acids is 1. The third-order valence-electron chi connectivity index (χ3n) is 4.93. The minimum absolute atomic E-state index is 0.0244. The Morgan fingerprint density at radius 2 is 2.12 bits per heavy atom. The van der Waals surface area contributed by atoms with Gasteiger partial charge in [-0.05, 0) is 38.7 Å². The number of nitrogen functional groups attached to an aromatic ring is 1. The van der Waals surface area contributed by atoms with Gasteiger partial charge in [-0.1, -0.05) is 24.3 Å². The molecule has 1 unspecified atom stereocenters. The zero-order valence-corrected chi connectivity index (χ0v) is 15.0. The van der Waals surface area contributed by atoms with E-state index in [-0.39, 0.29) is 11.8 Å². The molecule has 0 aromatic heterocycles. The molecule has 0 radical (unpaired) electrons. The highest BCUT2D eigenvalue weighted by atomic mass is 16.1. The fourth-order valence-corrected chi connectivity index (χ4v) is 3.73. The van der Waals surface area contributed by atoms with Crippen LogP contribution in [0, 0.1) is 0 Å². The fourth-order valence-electron chi connectivity index (χ4n) is 3.73. The number of nitrogens with two attached hydrogens (primary N) is 1. The summed E-state index contributed by atoms with van der Waals surface area (Å²) in [5.74, 6) is -0.0244. The average molecular weight is 349 g/mol. The quantitative estimate of drug-likeness (QED) is 0.571. The summed E-state index contributed by atoms with van der Waals surface area (Å²) in [7, 11) is 4.12. The summed E-state index contributed by atoms with van der Waals surface area (Å²) in [5, 5.41) is 6.69. The number of fused-ring (bicyclic) bond motifs is 2. The number of hydrogen-bond acceptors (Lipinski definition) is 6. The summed E-state index contributed by atoms with van der Waals surface area (Å²) in [6, 6.07) is 9.32. The van der Waals surface area contributed by atoms with Gasteiger partial charge < -0.3 is 21.3 Å². The van der Waals surface area contributed by atoms with E-state index >= 15 is 0 Å². The molecule has 0 saturated heterocycles. The molecule has 4 N–H and O–H groups in total. The first kappa shape index (κ1) is 16.6. The summed E-state index contributed by atoms with van der Waals surface area (Å²) in [6.45, 7) is 1.84. The lowest BCUT2D eigenvalue weighted by Gasteiger charge is -2.32. The molecule has 2 aromatic carbocycles. The Kier molecular flexibility index (Phi) is 4.12. The van der Waals surface area contributed by atoms with Gasteiger partial charge in [0.2, 0.25) is 0 Å². The monoisotopic (exact) mass is 349 g/mol. The van der Waals surface area contributed by atoms with E-state index in [0.717, 1.165) is 42.0 Å². The van der Waals surface area contributed by atoms with Crippen molar-refractivity contribution in [3.05, 3.63) is 52.6 Å². The van der Waals surface area contributed by atoms with Crippen LogP contribution in [0.5, 0.6) is 0 Å². The van der Waals surface area contributed by atoms with Gasteiger partial charge >= 0.3 is 0 Å². The van der Waals surface area contributed by atoms with E-state index in [1.165, 1.54) is 0 Å². The smallest absolute Gasteiger partial charge is 0.195 e. The molecule has 1 atom stereocenters. The van der Waals surface area contributed by atoms with Crippen LogP contribution in [0.4, 0.5) is 17.1 Å². The molecule has 0 fully saturated rings. The Hall–Kier alpha value is -2.86. The third kappa shape index (κ3) is 2.63. The number of rotatable bonds is 5. The third-order valence-corrected chi connectivity index (χ3v) is 4.93. The lowest BCUT2D eigenvalue weighted by Crippen LogP contribution is -2.25. The number of nitrogens with zero attached hydrogens (tertiary/aromatic N) is 2. The highest BCUT2D eigenvalue weighted by Gasteiger charge is 2.36. The van der Waals surface area contributed by atoms with Gasteiger partial charge in [-0.25, -0.2) is 0 Å². The van der Waals surface area contributed by atoms with Gasteiger partial charge in [-0.2, -0.15) is 0 Å². The van der Waals surface area contributed by atoms with Crippen molar-refractivity contribution >= 4 is 29.2 Å². The zero-order chi connectivity index (χ0) is 18.3. The van der Waals surface area contributed by atoms with Gasteiger partial charge in [0.25, 0.3) is 0 Å². The fraction of sp³-hybridized carbons (Fsp3) is 0.300.